The second-order valence-corrected chi connectivity index (χ2v) is 14.4. The van der Waals surface area contributed by atoms with Gasteiger partial charge < -0.3 is 63.2 Å². The highest BCUT2D eigenvalue weighted by molar-refractivity contribution is 5.97. The van der Waals surface area contributed by atoms with Crippen molar-refractivity contribution >= 4 is 53.4 Å². The third-order valence-electron chi connectivity index (χ3n) is 8.76. The first-order chi connectivity index (χ1) is 28.2. The highest BCUT2D eigenvalue weighted by Crippen LogP contribution is 2.13. The van der Waals surface area contributed by atoms with E-state index in [0.717, 1.165) is 0 Å². The van der Waals surface area contributed by atoms with Gasteiger partial charge >= 0.3 is 17.9 Å². The number of aliphatic hydroxyl groups excluding tert-OH is 1. The van der Waals surface area contributed by atoms with Gasteiger partial charge in [-0.25, -0.2) is 4.79 Å². The Morgan fingerprint density at radius 1 is 0.617 bits per heavy atom. The van der Waals surface area contributed by atoms with Gasteiger partial charge in [-0.05, 0) is 48.9 Å². The van der Waals surface area contributed by atoms with Crippen LogP contribution in [0.25, 0.3) is 0 Å². The number of aliphatic hydroxyl groups is 1. The van der Waals surface area contributed by atoms with E-state index in [1.54, 1.807) is 44.2 Å². The number of phenols is 1. The molecule has 0 saturated carbocycles. The number of hydrogen-bond acceptors (Lipinski definition) is 12. The number of nitrogens with one attached hydrogen (secondary N) is 6. The summed E-state index contributed by atoms with van der Waals surface area (Å²) in [5, 5.41) is 62.3. The number of hydrogen-bond donors (Lipinski definition) is 12. The van der Waals surface area contributed by atoms with Crippen molar-refractivity contribution in [1.82, 2.24) is 31.9 Å². The first kappa shape index (κ1) is 49.5. The van der Waals surface area contributed by atoms with Crippen LogP contribution in [0.2, 0.25) is 0 Å². The average molecular weight is 844 g/mol. The Balaban J connectivity index is 2.43. The predicted octanol–water partition coefficient (Wildman–Crippen LogP) is -2.10. The largest absolute Gasteiger partial charge is 0.508 e. The number of carboxylic acids is 3. The maximum absolute atomic E-state index is 14.1. The van der Waals surface area contributed by atoms with Crippen LogP contribution in [0.3, 0.4) is 0 Å². The van der Waals surface area contributed by atoms with Crippen LogP contribution < -0.4 is 37.6 Å². The first-order valence-electron chi connectivity index (χ1n) is 18.9. The molecule has 21 nitrogen and oxygen atoms in total. The number of carbonyl (C=O) groups is 9. The molecule has 0 saturated heterocycles. The van der Waals surface area contributed by atoms with Crippen molar-refractivity contribution in [1.29, 1.82) is 0 Å². The van der Waals surface area contributed by atoms with Gasteiger partial charge in [0.15, 0.2) is 0 Å². The molecule has 2 aromatic rings. The van der Waals surface area contributed by atoms with Crippen molar-refractivity contribution < 1.29 is 68.7 Å². The van der Waals surface area contributed by atoms with Crippen LogP contribution in [-0.2, 0) is 56.0 Å². The summed E-state index contributed by atoms with van der Waals surface area (Å²) in [4.78, 5) is 114. The molecular formula is C39H53N7O14. The molecule has 0 spiro atoms. The minimum absolute atomic E-state index is 0.0447. The quantitative estimate of drug-likeness (QED) is 0.0509. The fourth-order valence-corrected chi connectivity index (χ4v) is 5.66. The molecule has 0 aromatic heterocycles. The maximum atomic E-state index is 14.1. The maximum Gasteiger partial charge on any atom is 0.326 e. The molecule has 2 aromatic carbocycles. The van der Waals surface area contributed by atoms with Gasteiger partial charge in [0.05, 0.1) is 25.1 Å². The number of carbonyl (C=O) groups excluding carboxylic acids is 6. The number of benzene rings is 2. The highest BCUT2D eigenvalue weighted by Gasteiger charge is 2.35. The zero-order valence-electron chi connectivity index (χ0n) is 33.3. The molecule has 0 aliphatic heterocycles. The third kappa shape index (κ3) is 17.9. The molecule has 60 heavy (non-hydrogen) atoms. The normalized spacial score (nSPS) is 14.4. The SMILES string of the molecule is CC(C)C[C@H](NC(=O)[C@@H](NC(=O)[C@H](Cc1ccccc1)NC(=O)[C@H](Cc1ccc(O)cc1)NC(=O)[C@H](CCC(=O)O)NC(=O)CNC(=O)[C@@H](N)CC(=O)O)[C@@H](C)O)C(=O)O. The van der Waals surface area contributed by atoms with E-state index in [2.05, 4.69) is 31.9 Å². The van der Waals surface area contributed by atoms with Crippen molar-refractivity contribution in [3.05, 3.63) is 65.7 Å². The third-order valence-corrected chi connectivity index (χ3v) is 8.76. The van der Waals surface area contributed by atoms with Crippen LogP contribution in [0.1, 0.15) is 57.6 Å². The molecule has 2 rings (SSSR count). The topological polar surface area (TPSA) is 353 Å². The zero-order chi connectivity index (χ0) is 45.1. The fourth-order valence-electron chi connectivity index (χ4n) is 5.66. The van der Waals surface area contributed by atoms with E-state index >= 15 is 0 Å². The molecule has 0 bridgehead atoms. The minimum atomic E-state index is -1.68. The number of carboxylic acid groups (broad SMARTS) is 3. The molecule has 0 unspecified atom stereocenters. The van der Waals surface area contributed by atoms with Gasteiger partial charge in [-0.3, -0.25) is 38.4 Å². The monoisotopic (exact) mass is 843 g/mol. The molecule has 0 radical (unpaired) electrons. The number of nitrogens with two attached hydrogens (primary N) is 1. The van der Waals surface area contributed by atoms with Crippen LogP contribution in [0.4, 0.5) is 0 Å². The summed E-state index contributed by atoms with van der Waals surface area (Å²) in [7, 11) is 0. The van der Waals surface area contributed by atoms with E-state index in [9.17, 15) is 63.6 Å². The summed E-state index contributed by atoms with van der Waals surface area (Å²) < 4.78 is 0. The van der Waals surface area contributed by atoms with Gasteiger partial charge in [0.25, 0.3) is 0 Å². The molecule has 328 valence electrons. The summed E-state index contributed by atoms with van der Waals surface area (Å²) in [5.74, 6) is -10.3. The van der Waals surface area contributed by atoms with Crippen molar-refractivity contribution in [3.8, 4) is 5.75 Å². The molecule has 0 aliphatic rings. The molecule has 0 heterocycles. The highest BCUT2D eigenvalue weighted by atomic mass is 16.4. The Morgan fingerprint density at radius 3 is 1.63 bits per heavy atom. The molecule has 21 heteroatoms. The Kier molecular flexibility index (Phi) is 20.1. The van der Waals surface area contributed by atoms with Crippen molar-refractivity contribution in [2.24, 2.45) is 11.7 Å². The van der Waals surface area contributed by atoms with Gasteiger partial charge in [0.2, 0.25) is 35.4 Å². The molecule has 0 aliphatic carbocycles. The number of aliphatic carboxylic acids is 3. The van der Waals surface area contributed by atoms with Crippen molar-refractivity contribution in [2.75, 3.05) is 6.54 Å². The number of aromatic hydroxyl groups is 1. The van der Waals surface area contributed by atoms with Crippen LogP contribution in [-0.4, -0.2) is 128 Å². The fraction of sp³-hybridized carbons (Fsp3) is 0.462. The van der Waals surface area contributed by atoms with Crippen molar-refractivity contribution in [3.63, 3.8) is 0 Å². The predicted molar refractivity (Wildman–Crippen MR) is 210 cm³/mol. The molecule has 13 N–H and O–H groups in total. The van der Waals surface area contributed by atoms with E-state index in [1.165, 1.54) is 31.2 Å². The van der Waals surface area contributed by atoms with Crippen LogP contribution in [0.5, 0.6) is 5.75 Å². The second kappa shape index (κ2) is 24.3. The van der Waals surface area contributed by atoms with E-state index in [1.807, 2.05) is 0 Å². The number of rotatable bonds is 25. The van der Waals surface area contributed by atoms with Gasteiger partial charge in [0.1, 0.15) is 36.0 Å². The van der Waals surface area contributed by atoms with Crippen LogP contribution in [0.15, 0.2) is 54.6 Å². The lowest BCUT2D eigenvalue weighted by Gasteiger charge is -2.28. The van der Waals surface area contributed by atoms with Crippen LogP contribution >= 0.6 is 0 Å². The summed E-state index contributed by atoms with van der Waals surface area (Å²) >= 11 is 0. The summed E-state index contributed by atoms with van der Waals surface area (Å²) in [6, 6.07) is 4.64. The smallest absolute Gasteiger partial charge is 0.326 e. The lowest BCUT2D eigenvalue weighted by atomic mass is 10.0. The van der Waals surface area contributed by atoms with E-state index in [4.69, 9.17) is 10.8 Å². The number of amides is 6. The second-order valence-electron chi connectivity index (χ2n) is 14.4. The Bertz CT molecular complexity index is 1820. The molecular weight excluding hydrogens is 790 g/mol. The zero-order valence-corrected chi connectivity index (χ0v) is 33.3. The summed E-state index contributed by atoms with van der Waals surface area (Å²) in [6.45, 7) is 3.89. The standard InChI is InChI=1S/C39H53N7O14/c1-20(2)15-29(39(59)60)45-38(58)33(21(3)47)46-37(57)28(16-22-7-5-4-6-8-22)44-36(56)27(17-23-9-11-24(48)12-10-23)43-35(55)26(13-14-31(50)51)42-30(49)19-41-34(54)25(40)18-32(52)53/h4-12,20-21,25-29,33,47-48H,13-19,40H2,1-3H3,(H,41,54)(H,42,49)(H,43,55)(H,44,56)(H,45,58)(H,46,57)(H,50,51)(H,52,53)(H,59,60)/t21-,25+,26+,27+,28+,29+,33+/m1/s1. The lowest BCUT2D eigenvalue weighted by Crippen LogP contribution is -2.61. The Morgan fingerprint density at radius 2 is 1.13 bits per heavy atom. The lowest BCUT2D eigenvalue weighted by molar-refractivity contribution is -0.143. The van der Waals surface area contributed by atoms with Gasteiger partial charge in [0, 0.05) is 19.3 Å². The van der Waals surface area contributed by atoms with E-state index < -0.39 is 122 Å². The van der Waals surface area contributed by atoms with Gasteiger partial charge in [-0.2, -0.15) is 0 Å². The molecule has 0 fully saturated rings. The molecule has 6 amide bonds. The van der Waals surface area contributed by atoms with E-state index in [0.29, 0.717) is 11.1 Å². The summed E-state index contributed by atoms with van der Waals surface area (Å²) in [6.07, 6.45) is -3.82. The number of phenolic OH excluding ortho intramolecular Hbond substituents is 1. The van der Waals surface area contributed by atoms with Gasteiger partial charge in [-0.1, -0.05) is 56.3 Å². The Labute approximate surface area is 344 Å². The Hall–Kier alpha value is -6.61. The minimum Gasteiger partial charge on any atom is -0.508 e. The first-order valence-corrected chi connectivity index (χ1v) is 18.9. The summed E-state index contributed by atoms with van der Waals surface area (Å²) in [5.41, 5.74) is 6.42. The van der Waals surface area contributed by atoms with Crippen molar-refractivity contribution in [2.45, 2.75) is 102 Å². The average Bonchev–Trinajstić information content (AvgIpc) is 3.16. The van der Waals surface area contributed by atoms with Gasteiger partial charge in [-0.15, -0.1) is 0 Å². The van der Waals surface area contributed by atoms with E-state index in [-0.39, 0.29) is 30.9 Å². The van der Waals surface area contributed by atoms with Crippen LogP contribution in [0, 0.1) is 5.92 Å². The molecule has 7 atom stereocenters.